The van der Waals surface area contributed by atoms with Crippen LogP contribution in [0.15, 0.2) is 18.2 Å². The highest BCUT2D eigenvalue weighted by molar-refractivity contribution is 5.87. The molecule has 1 N–H and O–H groups in total. The molecule has 1 heterocycles. The molecule has 1 aliphatic rings. The quantitative estimate of drug-likeness (QED) is 0.804. The molecule has 0 amide bonds. The van der Waals surface area contributed by atoms with Gasteiger partial charge in [-0.25, -0.2) is 14.0 Å². The number of hydrogen-bond donors (Lipinski definition) is 1. The van der Waals surface area contributed by atoms with E-state index in [9.17, 15) is 14.0 Å². The van der Waals surface area contributed by atoms with Crippen molar-refractivity contribution in [3.8, 4) is 5.75 Å². The maximum Gasteiger partial charge on any atom is 0.347 e. The molecule has 17 heavy (non-hydrogen) atoms. The third kappa shape index (κ3) is 2.35. The van der Waals surface area contributed by atoms with Crippen LogP contribution in [0.3, 0.4) is 0 Å². The number of carbonyl (C=O) groups excluding carboxylic acids is 1. The molecule has 1 aliphatic heterocycles. The van der Waals surface area contributed by atoms with Gasteiger partial charge in [0.15, 0.2) is 17.7 Å². The molecule has 2 rings (SSSR count). The number of esters is 1. The van der Waals surface area contributed by atoms with E-state index in [1.54, 1.807) is 0 Å². The van der Waals surface area contributed by atoms with Crippen LogP contribution < -0.4 is 4.74 Å². The van der Waals surface area contributed by atoms with Gasteiger partial charge in [-0.3, -0.25) is 0 Å². The van der Waals surface area contributed by atoms with Crippen molar-refractivity contribution in [3.05, 3.63) is 29.6 Å². The predicted octanol–water partition coefficient (Wildman–Crippen LogP) is 1.22. The molecule has 0 bridgehead atoms. The van der Waals surface area contributed by atoms with Crippen LogP contribution in [0.1, 0.15) is 16.8 Å². The Hall–Kier alpha value is -2.11. The fraction of sp³-hybridized carbons (Fsp3) is 0.273. The van der Waals surface area contributed by atoms with Gasteiger partial charge in [0.05, 0.1) is 12.2 Å². The highest BCUT2D eigenvalue weighted by Gasteiger charge is 2.29. The normalized spacial score (nSPS) is 18.9. The van der Waals surface area contributed by atoms with E-state index in [0.29, 0.717) is 6.42 Å². The van der Waals surface area contributed by atoms with Gasteiger partial charge in [0.2, 0.25) is 0 Å². The first-order chi connectivity index (χ1) is 8.08. The number of cyclic esters (lactones) is 1. The number of carboxylic acid groups (broad SMARTS) is 1. The van der Waals surface area contributed by atoms with Crippen LogP contribution in [-0.4, -0.2) is 29.8 Å². The van der Waals surface area contributed by atoms with Crippen LogP contribution in [0.5, 0.6) is 5.75 Å². The van der Waals surface area contributed by atoms with Crippen molar-refractivity contribution < 1.29 is 28.6 Å². The van der Waals surface area contributed by atoms with E-state index in [1.807, 2.05) is 0 Å². The van der Waals surface area contributed by atoms with E-state index in [1.165, 1.54) is 12.1 Å². The van der Waals surface area contributed by atoms with Gasteiger partial charge in [-0.05, 0) is 18.2 Å². The molecule has 1 fully saturated rings. The minimum Gasteiger partial charge on any atom is -0.478 e. The van der Waals surface area contributed by atoms with E-state index in [-0.39, 0.29) is 17.9 Å². The molecule has 0 saturated carbocycles. The topological polar surface area (TPSA) is 72.8 Å². The Morgan fingerprint density at radius 2 is 2.29 bits per heavy atom. The van der Waals surface area contributed by atoms with Crippen molar-refractivity contribution >= 4 is 11.9 Å². The first kappa shape index (κ1) is 11.4. The molecule has 5 nitrogen and oxygen atoms in total. The third-order valence-corrected chi connectivity index (χ3v) is 2.34. The monoisotopic (exact) mass is 240 g/mol. The summed E-state index contributed by atoms with van der Waals surface area (Å²) in [7, 11) is 0. The largest absolute Gasteiger partial charge is 0.478 e. The lowest BCUT2D eigenvalue weighted by Gasteiger charge is -2.10. The van der Waals surface area contributed by atoms with Crippen molar-refractivity contribution in [2.45, 2.75) is 12.5 Å². The van der Waals surface area contributed by atoms with Crippen molar-refractivity contribution in [3.63, 3.8) is 0 Å². The van der Waals surface area contributed by atoms with Crippen LogP contribution in [0.25, 0.3) is 0 Å². The molecule has 0 spiro atoms. The van der Waals surface area contributed by atoms with Gasteiger partial charge in [-0.15, -0.1) is 0 Å². The van der Waals surface area contributed by atoms with Crippen LogP contribution in [-0.2, 0) is 9.53 Å². The zero-order chi connectivity index (χ0) is 12.4. The molecule has 0 radical (unpaired) electrons. The lowest BCUT2D eigenvalue weighted by Crippen LogP contribution is -2.22. The molecular weight excluding hydrogens is 231 g/mol. The fourth-order valence-corrected chi connectivity index (χ4v) is 1.47. The molecule has 0 aliphatic carbocycles. The summed E-state index contributed by atoms with van der Waals surface area (Å²) in [6, 6.07) is 3.24. The van der Waals surface area contributed by atoms with Crippen molar-refractivity contribution in [1.29, 1.82) is 0 Å². The Morgan fingerprint density at radius 3 is 2.82 bits per heavy atom. The van der Waals surface area contributed by atoms with Crippen molar-refractivity contribution in [2.24, 2.45) is 0 Å². The maximum absolute atomic E-state index is 13.5. The second-order valence-electron chi connectivity index (χ2n) is 3.51. The van der Waals surface area contributed by atoms with Gasteiger partial charge in [0, 0.05) is 6.42 Å². The second-order valence-corrected chi connectivity index (χ2v) is 3.51. The van der Waals surface area contributed by atoms with Crippen LogP contribution >= 0.6 is 0 Å². The zero-order valence-corrected chi connectivity index (χ0v) is 8.68. The van der Waals surface area contributed by atoms with E-state index < -0.39 is 23.9 Å². The number of ether oxygens (including phenoxy) is 2. The van der Waals surface area contributed by atoms with Gasteiger partial charge < -0.3 is 14.6 Å². The zero-order valence-electron chi connectivity index (χ0n) is 8.68. The minimum atomic E-state index is -1.23. The second kappa shape index (κ2) is 4.40. The molecule has 1 aromatic carbocycles. The van der Waals surface area contributed by atoms with Crippen LogP contribution in [0.2, 0.25) is 0 Å². The number of carboxylic acids is 1. The van der Waals surface area contributed by atoms with Crippen molar-refractivity contribution in [2.75, 3.05) is 6.61 Å². The maximum atomic E-state index is 13.5. The average molecular weight is 240 g/mol. The Labute approximate surface area is 95.8 Å². The van der Waals surface area contributed by atoms with E-state index in [4.69, 9.17) is 9.84 Å². The third-order valence-electron chi connectivity index (χ3n) is 2.34. The highest BCUT2D eigenvalue weighted by atomic mass is 19.1. The standard InChI is InChI=1S/C11H9FO5/c12-7-5-6(10(13)14)1-2-8(7)17-9-3-4-16-11(9)15/h1-2,5,9H,3-4H2,(H,13,14). The van der Waals surface area contributed by atoms with Crippen LogP contribution in [0, 0.1) is 5.82 Å². The summed E-state index contributed by atoms with van der Waals surface area (Å²) in [5.74, 6) is -2.73. The highest BCUT2D eigenvalue weighted by Crippen LogP contribution is 2.22. The number of rotatable bonds is 3. The number of hydrogen-bond acceptors (Lipinski definition) is 4. The van der Waals surface area contributed by atoms with Gasteiger partial charge in [0.25, 0.3) is 0 Å². The lowest BCUT2D eigenvalue weighted by molar-refractivity contribution is -0.143. The summed E-state index contributed by atoms with van der Waals surface area (Å²) in [6.07, 6.45) is -0.459. The number of benzene rings is 1. The molecule has 6 heteroatoms. The molecular formula is C11H9FO5. The van der Waals surface area contributed by atoms with Gasteiger partial charge >= 0.3 is 11.9 Å². The summed E-state index contributed by atoms with van der Waals surface area (Å²) in [6.45, 7) is 0.248. The molecule has 1 aromatic rings. The smallest absolute Gasteiger partial charge is 0.347 e. The summed E-state index contributed by atoms with van der Waals surface area (Å²) in [5.41, 5.74) is -0.177. The van der Waals surface area contributed by atoms with E-state index in [0.717, 1.165) is 6.07 Å². The molecule has 90 valence electrons. The van der Waals surface area contributed by atoms with Crippen molar-refractivity contribution in [1.82, 2.24) is 0 Å². The summed E-state index contributed by atoms with van der Waals surface area (Å²) >= 11 is 0. The SMILES string of the molecule is O=C(O)c1ccc(OC2CCOC2=O)c(F)c1. The first-order valence-corrected chi connectivity index (χ1v) is 4.94. The average Bonchev–Trinajstić information content (AvgIpc) is 2.67. The minimum absolute atomic E-state index is 0.154. The molecule has 1 atom stereocenters. The Bertz CT molecular complexity index is 471. The Morgan fingerprint density at radius 1 is 1.53 bits per heavy atom. The van der Waals surface area contributed by atoms with Gasteiger partial charge in [-0.1, -0.05) is 0 Å². The lowest BCUT2D eigenvalue weighted by atomic mass is 10.2. The fourth-order valence-electron chi connectivity index (χ4n) is 1.47. The number of halogens is 1. The number of aromatic carboxylic acids is 1. The Balaban J connectivity index is 2.16. The summed E-state index contributed by atoms with van der Waals surface area (Å²) in [5, 5.41) is 8.64. The van der Waals surface area contributed by atoms with Crippen LogP contribution in [0.4, 0.5) is 4.39 Å². The van der Waals surface area contributed by atoms with Gasteiger partial charge in [0.1, 0.15) is 0 Å². The summed E-state index contributed by atoms with van der Waals surface area (Å²) < 4.78 is 23.2. The van der Waals surface area contributed by atoms with E-state index >= 15 is 0 Å². The molecule has 1 unspecified atom stereocenters. The Kier molecular flexibility index (Phi) is 2.95. The van der Waals surface area contributed by atoms with E-state index in [2.05, 4.69) is 4.74 Å². The van der Waals surface area contributed by atoms with Gasteiger partial charge in [-0.2, -0.15) is 0 Å². The predicted molar refractivity (Wildman–Crippen MR) is 53.4 cm³/mol. The first-order valence-electron chi connectivity index (χ1n) is 4.94. The molecule has 1 saturated heterocycles. The number of carbonyl (C=O) groups is 2. The summed E-state index contributed by atoms with van der Waals surface area (Å²) in [4.78, 5) is 21.7. The molecule has 0 aromatic heterocycles.